The van der Waals surface area contributed by atoms with Crippen LogP contribution in [0.1, 0.15) is 38.1 Å². The van der Waals surface area contributed by atoms with Crippen LogP contribution in [0, 0.1) is 13.8 Å². The van der Waals surface area contributed by atoms with E-state index >= 15 is 0 Å². The first-order valence-electron chi connectivity index (χ1n) is 6.26. The summed E-state index contributed by atoms with van der Waals surface area (Å²) in [4.78, 5) is 8.83. The summed E-state index contributed by atoms with van der Waals surface area (Å²) in [6.45, 7) is 9.50. The Morgan fingerprint density at radius 3 is 2.41 bits per heavy atom. The van der Waals surface area contributed by atoms with Crippen LogP contribution in [-0.2, 0) is 0 Å². The van der Waals surface area contributed by atoms with Crippen LogP contribution in [0.3, 0.4) is 0 Å². The van der Waals surface area contributed by atoms with Gasteiger partial charge in [-0.25, -0.2) is 9.97 Å². The first-order valence-corrected chi connectivity index (χ1v) is 7.25. The molecular formula is C13H23N3S. The summed E-state index contributed by atoms with van der Waals surface area (Å²) in [7, 11) is 0. The van der Waals surface area contributed by atoms with Crippen molar-refractivity contribution in [3.63, 3.8) is 0 Å². The number of hydrogen-bond acceptors (Lipinski definition) is 4. The molecular weight excluding hydrogens is 230 g/mol. The maximum absolute atomic E-state index is 4.42. The third-order valence-electron chi connectivity index (χ3n) is 2.32. The van der Waals surface area contributed by atoms with Crippen molar-refractivity contribution < 1.29 is 0 Å². The maximum Gasteiger partial charge on any atom is 0.187 e. The lowest BCUT2D eigenvalue weighted by atomic mass is 10.3. The maximum atomic E-state index is 4.42. The van der Waals surface area contributed by atoms with Gasteiger partial charge in [-0.3, -0.25) is 0 Å². The monoisotopic (exact) mass is 253 g/mol. The topological polar surface area (TPSA) is 37.8 Å². The molecule has 0 aliphatic carbocycles. The van der Waals surface area contributed by atoms with E-state index in [9.17, 15) is 0 Å². The normalized spacial score (nSPS) is 11.1. The Labute approximate surface area is 109 Å². The number of nitrogens with zero attached hydrogens (tertiary/aromatic N) is 2. The summed E-state index contributed by atoms with van der Waals surface area (Å²) >= 11 is 1.76. The Morgan fingerprint density at radius 2 is 1.82 bits per heavy atom. The summed E-state index contributed by atoms with van der Waals surface area (Å²) in [6, 6.07) is 2.60. The van der Waals surface area contributed by atoms with Gasteiger partial charge in [0.15, 0.2) is 5.16 Å². The number of hydrogen-bond donors (Lipinski definition) is 1. The molecule has 0 amide bonds. The Bertz CT molecular complexity index is 319. The molecule has 1 heterocycles. The number of nitrogens with one attached hydrogen (secondary N) is 1. The lowest BCUT2D eigenvalue weighted by Gasteiger charge is -2.07. The van der Waals surface area contributed by atoms with Crippen molar-refractivity contribution in [2.45, 2.75) is 51.7 Å². The molecule has 0 bridgehead atoms. The molecule has 0 atom stereocenters. The van der Waals surface area contributed by atoms with E-state index in [0.29, 0.717) is 6.04 Å². The number of thioether (sulfide) groups is 1. The van der Waals surface area contributed by atoms with Crippen LogP contribution in [-0.4, -0.2) is 28.3 Å². The van der Waals surface area contributed by atoms with Gasteiger partial charge in [0.2, 0.25) is 0 Å². The van der Waals surface area contributed by atoms with Crippen molar-refractivity contribution in [1.29, 1.82) is 0 Å². The fraction of sp³-hybridized carbons (Fsp3) is 0.692. The number of aromatic nitrogens is 2. The van der Waals surface area contributed by atoms with Gasteiger partial charge in [-0.1, -0.05) is 25.6 Å². The Morgan fingerprint density at radius 1 is 1.18 bits per heavy atom. The largest absolute Gasteiger partial charge is 0.315 e. The average Bonchev–Trinajstić information content (AvgIpc) is 2.21. The Balaban J connectivity index is 2.18. The smallest absolute Gasteiger partial charge is 0.187 e. The van der Waals surface area contributed by atoms with Gasteiger partial charge in [0.1, 0.15) is 0 Å². The zero-order valence-corrected chi connectivity index (χ0v) is 12.1. The molecule has 0 spiro atoms. The lowest BCUT2D eigenvalue weighted by molar-refractivity contribution is 0.567. The highest BCUT2D eigenvalue weighted by molar-refractivity contribution is 7.99. The molecule has 0 aliphatic rings. The average molecular weight is 253 g/mol. The van der Waals surface area contributed by atoms with E-state index in [1.807, 2.05) is 19.9 Å². The molecule has 1 aromatic rings. The molecule has 0 unspecified atom stereocenters. The van der Waals surface area contributed by atoms with Gasteiger partial charge in [0.25, 0.3) is 0 Å². The van der Waals surface area contributed by atoms with Gasteiger partial charge in [0.05, 0.1) is 0 Å². The summed E-state index contributed by atoms with van der Waals surface area (Å²) in [5.74, 6) is 1.10. The van der Waals surface area contributed by atoms with Crippen LogP contribution in [0.5, 0.6) is 0 Å². The third kappa shape index (κ3) is 6.64. The summed E-state index contributed by atoms with van der Waals surface area (Å²) in [5.41, 5.74) is 2.11. The van der Waals surface area contributed by atoms with E-state index in [0.717, 1.165) is 28.8 Å². The van der Waals surface area contributed by atoms with Gasteiger partial charge in [0, 0.05) is 23.2 Å². The molecule has 17 heavy (non-hydrogen) atoms. The lowest BCUT2D eigenvalue weighted by Crippen LogP contribution is -2.23. The molecule has 0 radical (unpaired) electrons. The van der Waals surface area contributed by atoms with Gasteiger partial charge in [-0.2, -0.15) is 0 Å². The minimum atomic E-state index is 0.588. The molecule has 0 saturated carbocycles. The van der Waals surface area contributed by atoms with Crippen LogP contribution in [0.2, 0.25) is 0 Å². The Kier molecular flexibility index (Phi) is 6.52. The number of rotatable bonds is 7. The van der Waals surface area contributed by atoms with Crippen molar-refractivity contribution >= 4 is 11.8 Å². The molecule has 0 aliphatic heterocycles. The standard InChI is InChI=1S/C13H23N3S/c1-10(2)14-7-5-6-8-17-13-15-11(3)9-12(4)16-13/h9-10,14H,5-8H2,1-4H3. The Hall–Kier alpha value is -0.610. The summed E-state index contributed by atoms with van der Waals surface area (Å²) < 4.78 is 0. The fourth-order valence-corrected chi connectivity index (χ4v) is 2.49. The zero-order valence-electron chi connectivity index (χ0n) is 11.3. The van der Waals surface area contributed by atoms with Gasteiger partial charge in [-0.15, -0.1) is 0 Å². The number of aryl methyl sites for hydroxylation is 2. The molecule has 0 aromatic carbocycles. The van der Waals surface area contributed by atoms with Crippen LogP contribution < -0.4 is 5.32 Å². The fourth-order valence-electron chi connectivity index (χ4n) is 1.54. The molecule has 1 rings (SSSR count). The quantitative estimate of drug-likeness (QED) is 0.460. The molecule has 0 saturated heterocycles. The highest BCUT2D eigenvalue weighted by Crippen LogP contribution is 2.15. The van der Waals surface area contributed by atoms with Crippen LogP contribution >= 0.6 is 11.8 Å². The first-order chi connectivity index (χ1) is 8.08. The van der Waals surface area contributed by atoms with E-state index in [1.165, 1.54) is 12.8 Å². The predicted octanol–water partition coefficient (Wildman–Crippen LogP) is 2.96. The van der Waals surface area contributed by atoms with Crippen LogP contribution in [0.4, 0.5) is 0 Å². The minimum Gasteiger partial charge on any atom is -0.315 e. The van der Waals surface area contributed by atoms with Crippen molar-refractivity contribution in [3.05, 3.63) is 17.5 Å². The molecule has 1 aromatic heterocycles. The van der Waals surface area contributed by atoms with Crippen molar-refractivity contribution in [3.8, 4) is 0 Å². The minimum absolute atomic E-state index is 0.588. The molecule has 0 fully saturated rings. The van der Waals surface area contributed by atoms with Gasteiger partial charge < -0.3 is 5.32 Å². The molecule has 1 N–H and O–H groups in total. The zero-order chi connectivity index (χ0) is 12.7. The predicted molar refractivity (Wildman–Crippen MR) is 74.6 cm³/mol. The van der Waals surface area contributed by atoms with E-state index in [-0.39, 0.29) is 0 Å². The van der Waals surface area contributed by atoms with Crippen LogP contribution in [0.15, 0.2) is 11.2 Å². The summed E-state index contributed by atoms with van der Waals surface area (Å²) in [5, 5.41) is 4.34. The molecule has 3 nitrogen and oxygen atoms in total. The van der Waals surface area contributed by atoms with E-state index < -0.39 is 0 Å². The second kappa shape index (κ2) is 7.67. The third-order valence-corrected chi connectivity index (χ3v) is 3.25. The van der Waals surface area contributed by atoms with Crippen molar-refractivity contribution in [2.24, 2.45) is 0 Å². The highest BCUT2D eigenvalue weighted by atomic mass is 32.2. The van der Waals surface area contributed by atoms with E-state index in [1.54, 1.807) is 11.8 Å². The first kappa shape index (κ1) is 14.5. The van der Waals surface area contributed by atoms with Gasteiger partial charge >= 0.3 is 0 Å². The SMILES string of the molecule is Cc1cc(C)nc(SCCCCNC(C)C)n1. The number of unbranched alkanes of at least 4 members (excludes halogenated alkanes) is 1. The molecule has 96 valence electrons. The van der Waals surface area contributed by atoms with Crippen LogP contribution in [0.25, 0.3) is 0 Å². The van der Waals surface area contributed by atoms with Crippen molar-refractivity contribution in [1.82, 2.24) is 15.3 Å². The van der Waals surface area contributed by atoms with Gasteiger partial charge in [-0.05, 0) is 39.3 Å². The highest BCUT2D eigenvalue weighted by Gasteiger charge is 2.00. The second-order valence-electron chi connectivity index (χ2n) is 4.60. The van der Waals surface area contributed by atoms with E-state index in [2.05, 4.69) is 29.1 Å². The molecule has 4 heteroatoms. The summed E-state index contributed by atoms with van der Waals surface area (Å²) in [6.07, 6.45) is 2.43. The van der Waals surface area contributed by atoms with E-state index in [4.69, 9.17) is 0 Å². The van der Waals surface area contributed by atoms with Crippen molar-refractivity contribution in [2.75, 3.05) is 12.3 Å². The second-order valence-corrected chi connectivity index (χ2v) is 5.66.